The summed E-state index contributed by atoms with van der Waals surface area (Å²) in [6, 6.07) is 23.1. The number of nitrogens with zero attached hydrogens (tertiary/aromatic N) is 3. The first-order valence-corrected chi connectivity index (χ1v) is 9.82. The summed E-state index contributed by atoms with van der Waals surface area (Å²) in [4.78, 5) is 2.44. The zero-order valence-electron chi connectivity index (χ0n) is 15.6. The van der Waals surface area contributed by atoms with Crippen LogP contribution in [0.25, 0.3) is 10.8 Å². The molecule has 0 N–H and O–H groups in total. The van der Waals surface area contributed by atoms with E-state index in [1.165, 1.54) is 21.9 Å². The molecule has 0 atom stereocenters. The Morgan fingerprint density at radius 3 is 2.37 bits per heavy atom. The number of hydrogen-bond donors (Lipinski definition) is 0. The first kappa shape index (κ1) is 18.0. The van der Waals surface area contributed by atoms with Crippen LogP contribution < -0.4 is 0 Å². The molecule has 0 aliphatic carbocycles. The molecule has 1 saturated heterocycles. The summed E-state index contributed by atoms with van der Waals surface area (Å²) in [5.41, 5.74) is 3.45. The van der Waals surface area contributed by atoms with Gasteiger partial charge in [-0.2, -0.15) is 5.10 Å². The Kier molecular flexibility index (Phi) is 5.42. The molecule has 3 aromatic carbocycles. The van der Waals surface area contributed by atoms with Crippen molar-refractivity contribution in [3.63, 3.8) is 0 Å². The van der Waals surface area contributed by atoms with Crippen LogP contribution in [0.15, 0.2) is 71.8 Å². The van der Waals surface area contributed by atoms with Crippen molar-refractivity contribution in [2.24, 2.45) is 5.10 Å². The van der Waals surface area contributed by atoms with Crippen molar-refractivity contribution in [3.8, 4) is 0 Å². The maximum absolute atomic E-state index is 6.29. The first-order valence-electron chi connectivity index (χ1n) is 9.44. The van der Waals surface area contributed by atoms with Crippen molar-refractivity contribution >= 4 is 28.1 Å². The van der Waals surface area contributed by atoms with Crippen molar-refractivity contribution in [1.29, 1.82) is 0 Å². The number of fused-ring (bicyclic) bond motifs is 1. The topological polar surface area (TPSA) is 18.8 Å². The van der Waals surface area contributed by atoms with Gasteiger partial charge in [-0.05, 0) is 41.0 Å². The lowest BCUT2D eigenvalue weighted by molar-refractivity contribution is 0.130. The summed E-state index contributed by atoms with van der Waals surface area (Å²) in [5, 5.41) is 10.4. The quantitative estimate of drug-likeness (QED) is 0.593. The van der Waals surface area contributed by atoms with Gasteiger partial charge in [0.25, 0.3) is 0 Å². The number of hydrazone groups is 1. The van der Waals surface area contributed by atoms with Gasteiger partial charge in [0.05, 0.1) is 5.71 Å². The predicted molar refractivity (Wildman–Crippen MR) is 114 cm³/mol. The molecule has 27 heavy (non-hydrogen) atoms. The van der Waals surface area contributed by atoms with Gasteiger partial charge in [0.2, 0.25) is 0 Å². The lowest BCUT2D eigenvalue weighted by atomic mass is 10.0. The van der Waals surface area contributed by atoms with Gasteiger partial charge in [-0.3, -0.25) is 9.91 Å². The Morgan fingerprint density at radius 2 is 1.59 bits per heavy atom. The van der Waals surface area contributed by atoms with Crippen molar-refractivity contribution in [2.75, 3.05) is 26.2 Å². The van der Waals surface area contributed by atoms with Gasteiger partial charge >= 0.3 is 0 Å². The van der Waals surface area contributed by atoms with Gasteiger partial charge < -0.3 is 0 Å². The fraction of sp³-hybridized carbons (Fsp3) is 0.261. The van der Waals surface area contributed by atoms with Crippen LogP contribution >= 0.6 is 11.6 Å². The monoisotopic (exact) mass is 377 g/mol. The fourth-order valence-electron chi connectivity index (χ4n) is 3.55. The number of benzene rings is 3. The van der Waals surface area contributed by atoms with Crippen LogP contribution in [0.1, 0.15) is 18.1 Å². The predicted octanol–water partition coefficient (Wildman–Crippen LogP) is 5.04. The number of rotatable bonds is 4. The minimum absolute atomic E-state index is 0.852. The molecule has 1 aliphatic heterocycles. The molecule has 3 nitrogen and oxygen atoms in total. The third-order valence-corrected chi connectivity index (χ3v) is 5.53. The van der Waals surface area contributed by atoms with Gasteiger partial charge in [0.15, 0.2) is 0 Å². The molecule has 0 radical (unpaired) electrons. The van der Waals surface area contributed by atoms with E-state index in [0.29, 0.717) is 0 Å². The number of halogens is 1. The molecule has 0 aromatic heterocycles. The Labute approximate surface area is 165 Å². The van der Waals surface area contributed by atoms with E-state index in [1.807, 2.05) is 12.1 Å². The summed E-state index contributed by atoms with van der Waals surface area (Å²) in [6.45, 7) is 6.88. The minimum Gasteiger partial charge on any atom is -0.295 e. The van der Waals surface area contributed by atoms with Crippen LogP contribution in [-0.2, 0) is 6.54 Å². The van der Waals surface area contributed by atoms with Crippen LogP contribution in [-0.4, -0.2) is 41.8 Å². The average Bonchev–Trinajstić information content (AvgIpc) is 2.71. The minimum atomic E-state index is 0.852. The third-order valence-electron chi connectivity index (χ3n) is 5.16. The number of piperazine rings is 1. The van der Waals surface area contributed by atoms with Crippen molar-refractivity contribution in [3.05, 3.63) is 82.9 Å². The highest BCUT2D eigenvalue weighted by molar-refractivity contribution is 6.31. The molecule has 1 heterocycles. The summed E-state index contributed by atoms with van der Waals surface area (Å²) in [6.07, 6.45) is 0. The second-order valence-corrected chi connectivity index (χ2v) is 7.48. The zero-order valence-corrected chi connectivity index (χ0v) is 16.4. The number of hydrogen-bond acceptors (Lipinski definition) is 3. The van der Waals surface area contributed by atoms with Crippen LogP contribution in [0.2, 0.25) is 5.02 Å². The Bertz CT molecular complexity index is 959. The van der Waals surface area contributed by atoms with Crippen LogP contribution in [0, 0.1) is 0 Å². The highest BCUT2D eigenvalue weighted by atomic mass is 35.5. The highest BCUT2D eigenvalue weighted by Crippen LogP contribution is 2.19. The van der Waals surface area contributed by atoms with E-state index in [4.69, 9.17) is 16.7 Å². The Morgan fingerprint density at radius 1 is 0.889 bits per heavy atom. The maximum Gasteiger partial charge on any atom is 0.0646 e. The molecule has 4 rings (SSSR count). The molecule has 0 bridgehead atoms. The molecule has 0 saturated carbocycles. The SMILES string of the molecule is C/C(=N\N1CCN(Cc2ccccc2Cl)CC1)c1ccc2ccccc2c1. The largest absolute Gasteiger partial charge is 0.295 e. The molecule has 4 heteroatoms. The lowest BCUT2D eigenvalue weighted by Gasteiger charge is -2.33. The first-order chi connectivity index (χ1) is 13.2. The molecule has 138 valence electrons. The van der Waals surface area contributed by atoms with Crippen molar-refractivity contribution in [2.45, 2.75) is 13.5 Å². The molecule has 1 aliphatic rings. The smallest absolute Gasteiger partial charge is 0.0646 e. The molecule has 3 aromatic rings. The van der Waals surface area contributed by atoms with Crippen LogP contribution in [0.4, 0.5) is 0 Å². The van der Waals surface area contributed by atoms with Crippen LogP contribution in [0.3, 0.4) is 0 Å². The Balaban J connectivity index is 1.39. The molecule has 0 amide bonds. The van der Waals surface area contributed by atoms with Gasteiger partial charge in [0, 0.05) is 37.7 Å². The second kappa shape index (κ2) is 8.12. The normalized spacial score (nSPS) is 16.1. The van der Waals surface area contributed by atoms with Gasteiger partial charge in [-0.25, -0.2) is 0 Å². The van der Waals surface area contributed by atoms with E-state index in [1.54, 1.807) is 0 Å². The summed E-state index contributed by atoms with van der Waals surface area (Å²) >= 11 is 6.29. The van der Waals surface area contributed by atoms with Crippen molar-refractivity contribution in [1.82, 2.24) is 9.91 Å². The van der Waals surface area contributed by atoms with E-state index < -0.39 is 0 Å². The summed E-state index contributed by atoms with van der Waals surface area (Å²) < 4.78 is 0. The molecule has 1 fully saturated rings. The van der Waals surface area contributed by atoms with E-state index in [-0.39, 0.29) is 0 Å². The molecule has 0 spiro atoms. The standard InChI is InChI=1S/C23H24ClN3/c1-18(20-11-10-19-6-2-3-7-21(19)16-20)25-27-14-12-26(13-15-27)17-22-8-4-5-9-23(22)24/h2-11,16H,12-15,17H2,1H3/b25-18+. The maximum atomic E-state index is 6.29. The van der Waals surface area contributed by atoms with Gasteiger partial charge in [-0.1, -0.05) is 66.2 Å². The highest BCUT2D eigenvalue weighted by Gasteiger charge is 2.17. The average molecular weight is 378 g/mol. The zero-order chi connectivity index (χ0) is 18.6. The fourth-order valence-corrected chi connectivity index (χ4v) is 3.74. The summed E-state index contributed by atoms with van der Waals surface area (Å²) in [5.74, 6) is 0. The second-order valence-electron chi connectivity index (χ2n) is 7.07. The van der Waals surface area contributed by atoms with E-state index in [9.17, 15) is 0 Å². The molecular formula is C23H24ClN3. The van der Waals surface area contributed by atoms with Gasteiger partial charge in [-0.15, -0.1) is 0 Å². The Hall–Kier alpha value is -2.36. The lowest BCUT2D eigenvalue weighted by Crippen LogP contribution is -2.43. The summed E-state index contributed by atoms with van der Waals surface area (Å²) in [7, 11) is 0. The van der Waals surface area contributed by atoms with Crippen LogP contribution in [0.5, 0.6) is 0 Å². The van der Waals surface area contributed by atoms with E-state index in [0.717, 1.165) is 43.5 Å². The molecular weight excluding hydrogens is 354 g/mol. The molecule has 0 unspecified atom stereocenters. The van der Waals surface area contributed by atoms with Gasteiger partial charge in [0.1, 0.15) is 0 Å². The van der Waals surface area contributed by atoms with E-state index >= 15 is 0 Å². The third kappa shape index (κ3) is 4.32. The van der Waals surface area contributed by atoms with E-state index in [2.05, 4.69) is 71.4 Å². The van der Waals surface area contributed by atoms with Crippen molar-refractivity contribution < 1.29 is 0 Å².